The normalized spacial score (nSPS) is 12.3. The average Bonchev–Trinajstić information content (AvgIpc) is 3.13. The van der Waals surface area contributed by atoms with Crippen LogP contribution in [0.4, 0.5) is 0 Å². The molecule has 0 amide bonds. The topological polar surface area (TPSA) is 56.5 Å². The van der Waals surface area contributed by atoms with Gasteiger partial charge in [0.1, 0.15) is 23.8 Å². The van der Waals surface area contributed by atoms with Gasteiger partial charge in [-0.05, 0) is 56.6 Å². The van der Waals surface area contributed by atoms with Gasteiger partial charge in [0.05, 0.1) is 6.10 Å². The SMILES string of the molecule is CCOC(CCNC(C)C)c1ccc(OCc2nc(-c3ccccc3)oc2C)cc1. The number of aromatic nitrogens is 1. The third kappa shape index (κ3) is 6.18. The van der Waals surface area contributed by atoms with Gasteiger partial charge in [-0.3, -0.25) is 0 Å². The largest absolute Gasteiger partial charge is 0.487 e. The van der Waals surface area contributed by atoms with Gasteiger partial charge in [-0.1, -0.05) is 44.2 Å². The van der Waals surface area contributed by atoms with Crippen molar-refractivity contribution in [2.75, 3.05) is 13.2 Å². The number of aryl methyl sites for hydroxylation is 1. The number of hydrogen-bond donors (Lipinski definition) is 1. The number of oxazole rings is 1. The van der Waals surface area contributed by atoms with Gasteiger partial charge in [0.15, 0.2) is 0 Å². The fourth-order valence-corrected chi connectivity index (χ4v) is 3.25. The van der Waals surface area contributed by atoms with Gasteiger partial charge in [0.25, 0.3) is 0 Å². The fourth-order valence-electron chi connectivity index (χ4n) is 3.25. The average molecular weight is 409 g/mol. The zero-order valence-corrected chi connectivity index (χ0v) is 18.4. The number of nitrogens with zero attached hydrogens (tertiary/aromatic N) is 1. The first-order valence-corrected chi connectivity index (χ1v) is 10.7. The van der Waals surface area contributed by atoms with Gasteiger partial charge in [-0.2, -0.15) is 0 Å². The summed E-state index contributed by atoms with van der Waals surface area (Å²) in [6, 6.07) is 18.5. The molecule has 5 nitrogen and oxygen atoms in total. The Morgan fingerprint density at radius 1 is 1.03 bits per heavy atom. The molecule has 1 atom stereocenters. The molecule has 1 heterocycles. The summed E-state index contributed by atoms with van der Waals surface area (Å²) in [6.07, 6.45) is 1.02. The highest BCUT2D eigenvalue weighted by molar-refractivity contribution is 5.53. The van der Waals surface area contributed by atoms with Crippen LogP contribution in [0.15, 0.2) is 59.0 Å². The molecule has 1 aromatic heterocycles. The highest BCUT2D eigenvalue weighted by atomic mass is 16.5. The molecule has 0 saturated heterocycles. The molecule has 0 aliphatic heterocycles. The standard InChI is InChI=1S/C25H32N2O3/c1-5-28-24(15-16-26-18(2)3)20-11-13-22(14-12-20)29-17-23-19(4)30-25(27-23)21-9-7-6-8-10-21/h6-14,18,24,26H,5,15-17H2,1-4H3. The van der Waals surface area contributed by atoms with Gasteiger partial charge in [-0.25, -0.2) is 4.98 Å². The molecule has 0 aliphatic carbocycles. The molecule has 160 valence electrons. The number of hydrogen-bond acceptors (Lipinski definition) is 5. The smallest absolute Gasteiger partial charge is 0.226 e. The Morgan fingerprint density at radius 3 is 2.43 bits per heavy atom. The van der Waals surface area contributed by atoms with E-state index in [4.69, 9.17) is 13.9 Å². The first kappa shape index (κ1) is 22.1. The molecule has 30 heavy (non-hydrogen) atoms. The molecule has 3 rings (SSSR count). The molecular weight excluding hydrogens is 376 g/mol. The summed E-state index contributed by atoms with van der Waals surface area (Å²) in [7, 11) is 0. The van der Waals surface area contributed by atoms with Crippen molar-refractivity contribution in [1.82, 2.24) is 10.3 Å². The van der Waals surface area contributed by atoms with E-state index in [1.165, 1.54) is 5.56 Å². The molecular formula is C25H32N2O3. The van der Waals surface area contributed by atoms with E-state index in [0.29, 0.717) is 25.1 Å². The zero-order valence-electron chi connectivity index (χ0n) is 18.4. The van der Waals surface area contributed by atoms with E-state index < -0.39 is 0 Å². The molecule has 0 radical (unpaired) electrons. The summed E-state index contributed by atoms with van der Waals surface area (Å²) in [5.41, 5.74) is 2.94. The van der Waals surface area contributed by atoms with E-state index in [-0.39, 0.29) is 6.10 Å². The van der Waals surface area contributed by atoms with Gasteiger partial charge < -0.3 is 19.2 Å². The van der Waals surface area contributed by atoms with Crippen LogP contribution in [0.2, 0.25) is 0 Å². The van der Waals surface area contributed by atoms with Crippen molar-refractivity contribution >= 4 is 0 Å². The minimum absolute atomic E-state index is 0.0847. The van der Waals surface area contributed by atoms with Crippen molar-refractivity contribution < 1.29 is 13.9 Å². The number of benzene rings is 2. The van der Waals surface area contributed by atoms with E-state index in [1.807, 2.05) is 56.3 Å². The second-order valence-corrected chi connectivity index (χ2v) is 7.59. The van der Waals surface area contributed by atoms with Crippen LogP contribution in [-0.4, -0.2) is 24.2 Å². The van der Waals surface area contributed by atoms with Gasteiger partial charge >= 0.3 is 0 Å². The van der Waals surface area contributed by atoms with Crippen LogP contribution in [0.5, 0.6) is 5.75 Å². The predicted octanol–water partition coefficient (Wildman–Crippen LogP) is 5.69. The predicted molar refractivity (Wildman–Crippen MR) is 120 cm³/mol. The van der Waals surface area contributed by atoms with E-state index in [0.717, 1.165) is 35.7 Å². The molecule has 5 heteroatoms. The Morgan fingerprint density at radius 2 is 1.77 bits per heavy atom. The van der Waals surface area contributed by atoms with E-state index in [1.54, 1.807) is 0 Å². The second-order valence-electron chi connectivity index (χ2n) is 7.59. The van der Waals surface area contributed by atoms with Crippen LogP contribution in [0.1, 0.15) is 50.3 Å². The maximum absolute atomic E-state index is 5.95. The van der Waals surface area contributed by atoms with Crippen LogP contribution in [0, 0.1) is 6.92 Å². The van der Waals surface area contributed by atoms with Crippen LogP contribution >= 0.6 is 0 Å². The first-order chi connectivity index (χ1) is 14.6. The highest BCUT2D eigenvalue weighted by Gasteiger charge is 2.14. The maximum Gasteiger partial charge on any atom is 0.226 e. The van der Waals surface area contributed by atoms with Crippen LogP contribution in [0.25, 0.3) is 11.5 Å². The summed E-state index contributed by atoms with van der Waals surface area (Å²) in [5.74, 6) is 2.20. The lowest BCUT2D eigenvalue weighted by molar-refractivity contribution is 0.0560. The monoisotopic (exact) mass is 408 g/mol. The molecule has 1 N–H and O–H groups in total. The second kappa shape index (κ2) is 11.0. The summed E-state index contributed by atoms with van der Waals surface area (Å²) >= 11 is 0. The van der Waals surface area contributed by atoms with Crippen molar-refractivity contribution in [3.63, 3.8) is 0 Å². The van der Waals surface area contributed by atoms with E-state index in [2.05, 4.69) is 36.3 Å². The molecule has 0 aliphatic rings. The van der Waals surface area contributed by atoms with Crippen LogP contribution in [0.3, 0.4) is 0 Å². The van der Waals surface area contributed by atoms with Crippen molar-refractivity contribution in [3.8, 4) is 17.2 Å². The summed E-state index contributed by atoms with van der Waals surface area (Å²) in [6.45, 7) is 10.2. The van der Waals surface area contributed by atoms with Gasteiger partial charge in [-0.15, -0.1) is 0 Å². The van der Waals surface area contributed by atoms with Crippen molar-refractivity contribution in [2.24, 2.45) is 0 Å². The maximum atomic E-state index is 5.95. The van der Waals surface area contributed by atoms with E-state index in [9.17, 15) is 0 Å². The highest BCUT2D eigenvalue weighted by Crippen LogP contribution is 2.25. The third-order valence-electron chi connectivity index (χ3n) is 4.87. The Labute approximate surface area is 179 Å². The lowest BCUT2D eigenvalue weighted by Crippen LogP contribution is -2.25. The Balaban J connectivity index is 1.59. The molecule has 2 aromatic carbocycles. The molecule has 0 fully saturated rings. The fraction of sp³-hybridized carbons (Fsp3) is 0.400. The number of rotatable bonds is 11. The first-order valence-electron chi connectivity index (χ1n) is 10.7. The number of ether oxygens (including phenoxy) is 2. The minimum atomic E-state index is 0.0847. The Kier molecular flexibility index (Phi) is 8.05. The van der Waals surface area contributed by atoms with E-state index >= 15 is 0 Å². The lowest BCUT2D eigenvalue weighted by atomic mass is 10.1. The molecule has 0 spiro atoms. The van der Waals surface area contributed by atoms with Gasteiger partial charge in [0.2, 0.25) is 5.89 Å². The van der Waals surface area contributed by atoms with Crippen molar-refractivity contribution in [1.29, 1.82) is 0 Å². The van der Waals surface area contributed by atoms with Crippen LogP contribution in [-0.2, 0) is 11.3 Å². The van der Waals surface area contributed by atoms with Crippen molar-refractivity contribution in [3.05, 3.63) is 71.6 Å². The Hall–Kier alpha value is -2.63. The third-order valence-corrected chi connectivity index (χ3v) is 4.87. The summed E-state index contributed by atoms with van der Waals surface area (Å²) in [4.78, 5) is 4.59. The Bertz CT molecular complexity index is 889. The lowest BCUT2D eigenvalue weighted by Gasteiger charge is -2.19. The van der Waals surface area contributed by atoms with Crippen LogP contribution < -0.4 is 10.1 Å². The molecule has 3 aromatic rings. The quantitative estimate of drug-likeness (QED) is 0.441. The number of nitrogens with one attached hydrogen (secondary N) is 1. The minimum Gasteiger partial charge on any atom is -0.487 e. The molecule has 0 saturated carbocycles. The summed E-state index contributed by atoms with van der Waals surface area (Å²) < 4.78 is 17.7. The van der Waals surface area contributed by atoms with Crippen molar-refractivity contribution in [2.45, 2.75) is 52.9 Å². The van der Waals surface area contributed by atoms with Gasteiger partial charge in [0, 0.05) is 18.2 Å². The zero-order chi connectivity index (χ0) is 21.3. The molecule has 0 bridgehead atoms. The summed E-state index contributed by atoms with van der Waals surface area (Å²) in [5, 5.41) is 3.45. The molecule has 1 unspecified atom stereocenters.